The number of para-hydroxylation sites is 1. The first-order chi connectivity index (χ1) is 10.1. The Kier molecular flexibility index (Phi) is 3.47. The van der Waals surface area contributed by atoms with E-state index >= 15 is 0 Å². The second-order valence-electron chi connectivity index (χ2n) is 5.67. The highest BCUT2D eigenvalue weighted by Crippen LogP contribution is 2.46. The van der Waals surface area contributed by atoms with Gasteiger partial charge in [0.1, 0.15) is 5.75 Å². The summed E-state index contributed by atoms with van der Waals surface area (Å²) in [6.45, 7) is 2.88. The van der Waals surface area contributed by atoms with E-state index in [1.807, 2.05) is 38.2 Å². The fourth-order valence-electron chi connectivity index (χ4n) is 3.17. The Hall–Kier alpha value is -1.85. The van der Waals surface area contributed by atoms with Crippen LogP contribution >= 0.6 is 0 Å². The van der Waals surface area contributed by atoms with E-state index in [2.05, 4.69) is 5.10 Å². The van der Waals surface area contributed by atoms with Gasteiger partial charge >= 0.3 is 0 Å². The van der Waals surface area contributed by atoms with Crippen LogP contribution in [0.15, 0.2) is 30.5 Å². The second-order valence-corrected chi connectivity index (χ2v) is 5.67. The summed E-state index contributed by atoms with van der Waals surface area (Å²) < 4.78 is 7.49. The molecule has 2 heterocycles. The van der Waals surface area contributed by atoms with E-state index in [1.54, 1.807) is 10.9 Å². The predicted molar refractivity (Wildman–Crippen MR) is 80.2 cm³/mol. The minimum atomic E-state index is -0.693. The van der Waals surface area contributed by atoms with Crippen molar-refractivity contribution in [1.82, 2.24) is 9.78 Å². The first-order valence-electron chi connectivity index (χ1n) is 7.19. The molecule has 1 aliphatic rings. The van der Waals surface area contributed by atoms with Crippen molar-refractivity contribution in [3.8, 4) is 5.75 Å². The highest BCUT2D eigenvalue weighted by Gasteiger charge is 2.44. The normalized spacial score (nSPS) is 22.5. The zero-order valence-electron chi connectivity index (χ0n) is 12.4. The number of rotatable bonds is 3. The van der Waals surface area contributed by atoms with Gasteiger partial charge in [-0.15, -0.1) is 0 Å². The zero-order valence-corrected chi connectivity index (χ0v) is 12.4. The van der Waals surface area contributed by atoms with Gasteiger partial charge in [-0.3, -0.25) is 4.68 Å². The molecule has 1 aromatic carbocycles. The molecule has 0 amide bonds. The number of aliphatic hydroxyl groups excluding tert-OH is 1. The van der Waals surface area contributed by atoms with E-state index in [1.165, 1.54) is 0 Å². The van der Waals surface area contributed by atoms with E-state index in [9.17, 15) is 5.11 Å². The van der Waals surface area contributed by atoms with Gasteiger partial charge in [-0.1, -0.05) is 18.2 Å². The predicted octanol–water partition coefficient (Wildman–Crippen LogP) is 1.44. The molecule has 1 aliphatic heterocycles. The summed E-state index contributed by atoms with van der Waals surface area (Å²) in [5.41, 5.74) is 8.35. The molecule has 21 heavy (non-hydrogen) atoms. The van der Waals surface area contributed by atoms with Crippen LogP contribution in [0.1, 0.15) is 29.3 Å². The molecule has 112 valence electrons. The molecule has 0 fully saturated rings. The Morgan fingerprint density at radius 1 is 1.48 bits per heavy atom. The lowest BCUT2D eigenvalue weighted by molar-refractivity contribution is 0.0530. The van der Waals surface area contributed by atoms with Gasteiger partial charge in [-0.2, -0.15) is 5.10 Å². The molecular weight excluding hydrogens is 266 g/mol. The van der Waals surface area contributed by atoms with Crippen LogP contribution in [0.2, 0.25) is 0 Å². The molecule has 2 atom stereocenters. The van der Waals surface area contributed by atoms with Gasteiger partial charge in [0.2, 0.25) is 0 Å². The summed E-state index contributed by atoms with van der Waals surface area (Å²) in [7, 11) is 1.87. The van der Waals surface area contributed by atoms with Gasteiger partial charge in [0.25, 0.3) is 0 Å². The monoisotopic (exact) mass is 287 g/mol. The number of hydrogen-bond donors (Lipinski definition) is 2. The lowest BCUT2D eigenvalue weighted by atomic mass is 9.70. The number of aromatic nitrogens is 2. The van der Waals surface area contributed by atoms with Crippen LogP contribution in [0.25, 0.3) is 0 Å². The average molecular weight is 287 g/mol. The van der Waals surface area contributed by atoms with Gasteiger partial charge in [-0.25, -0.2) is 0 Å². The Morgan fingerprint density at radius 3 is 2.90 bits per heavy atom. The molecule has 3 N–H and O–H groups in total. The van der Waals surface area contributed by atoms with E-state index in [0.717, 1.165) is 22.6 Å². The van der Waals surface area contributed by atoms with Crippen molar-refractivity contribution in [3.05, 3.63) is 47.3 Å². The Morgan fingerprint density at radius 2 is 2.24 bits per heavy atom. The number of fused-ring (bicyclic) bond motifs is 1. The summed E-state index contributed by atoms with van der Waals surface area (Å²) in [4.78, 5) is 0. The van der Waals surface area contributed by atoms with Crippen molar-refractivity contribution in [2.45, 2.75) is 24.9 Å². The quantitative estimate of drug-likeness (QED) is 0.896. The number of aliphatic hydroxyl groups is 1. The molecule has 0 saturated heterocycles. The maximum atomic E-state index is 11.0. The Labute approximate surface area is 124 Å². The largest absolute Gasteiger partial charge is 0.493 e. The summed E-state index contributed by atoms with van der Waals surface area (Å²) in [6.07, 6.45) is 1.73. The molecule has 0 aliphatic carbocycles. The van der Waals surface area contributed by atoms with Crippen LogP contribution in [-0.4, -0.2) is 28.0 Å². The average Bonchev–Trinajstić information content (AvgIpc) is 2.85. The maximum absolute atomic E-state index is 11.0. The number of aryl methyl sites for hydroxylation is 1. The van der Waals surface area contributed by atoms with Crippen LogP contribution in [0.5, 0.6) is 5.75 Å². The number of benzene rings is 1. The lowest BCUT2D eigenvalue weighted by Crippen LogP contribution is -2.45. The number of nitrogens with two attached hydrogens (primary N) is 1. The lowest BCUT2D eigenvalue weighted by Gasteiger charge is -2.41. The van der Waals surface area contributed by atoms with Crippen molar-refractivity contribution in [2.24, 2.45) is 12.8 Å². The third kappa shape index (κ3) is 2.04. The minimum absolute atomic E-state index is 0.364. The molecule has 2 aromatic rings. The van der Waals surface area contributed by atoms with Crippen molar-refractivity contribution < 1.29 is 9.84 Å². The van der Waals surface area contributed by atoms with Crippen molar-refractivity contribution >= 4 is 0 Å². The first kappa shape index (κ1) is 14.1. The van der Waals surface area contributed by atoms with Crippen LogP contribution < -0.4 is 10.5 Å². The molecule has 0 spiro atoms. The molecule has 0 bridgehead atoms. The van der Waals surface area contributed by atoms with E-state index < -0.39 is 11.5 Å². The SMILES string of the molecule is Cc1c(C(O)C2(CN)CCOc3ccccc32)cnn1C. The highest BCUT2D eigenvalue weighted by molar-refractivity contribution is 5.44. The topological polar surface area (TPSA) is 73.3 Å². The number of ether oxygens (including phenoxy) is 1. The summed E-state index contributed by atoms with van der Waals surface area (Å²) >= 11 is 0. The van der Waals surface area contributed by atoms with Crippen LogP contribution in [-0.2, 0) is 12.5 Å². The van der Waals surface area contributed by atoms with Crippen molar-refractivity contribution in [3.63, 3.8) is 0 Å². The summed E-state index contributed by atoms with van der Waals surface area (Å²) in [5.74, 6) is 0.815. The molecule has 0 saturated carbocycles. The highest BCUT2D eigenvalue weighted by atomic mass is 16.5. The van der Waals surface area contributed by atoms with E-state index in [4.69, 9.17) is 10.5 Å². The Balaban J connectivity index is 2.12. The van der Waals surface area contributed by atoms with Gasteiger partial charge < -0.3 is 15.6 Å². The Bertz CT molecular complexity index is 653. The fourth-order valence-corrected chi connectivity index (χ4v) is 3.17. The van der Waals surface area contributed by atoms with Gasteiger partial charge in [0.15, 0.2) is 0 Å². The summed E-state index contributed by atoms with van der Waals surface area (Å²) in [6, 6.07) is 7.83. The smallest absolute Gasteiger partial charge is 0.123 e. The minimum Gasteiger partial charge on any atom is -0.493 e. The first-order valence-corrected chi connectivity index (χ1v) is 7.19. The van der Waals surface area contributed by atoms with Crippen LogP contribution in [0.3, 0.4) is 0 Å². The maximum Gasteiger partial charge on any atom is 0.123 e. The standard InChI is InChI=1S/C16H21N3O2/c1-11-12(9-18-19(11)2)15(20)16(10-17)7-8-21-14-6-4-3-5-13(14)16/h3-6,9,15,20H,7-8,10,17H2,1-2H3. The van der Waals surface area contributed by atoms with E-state index in [0.29, 0.717) is 19.6 Å². The zero-order chi connectivity index (χ0) is 15.0. The fraction of sp³-hybridized carbons (Fsp3) is 0.438. The number of nitrogens with zero attached hydrogens (tertiary/aromatic N) is 2. The molecule has 5 heteroatoms. The second kappa shape index (κ2) is 5.16. The van der Waals surface area contributed by atoms with Gasteiger partial charge in [0, 0.05) is 35.8 Å². The van der Waals surface area contributed by atoms with Gasteiger partial charge in [-0.05, 0) is 19.4 Å². The van der Waals surface area contributed by atoms with Crippen molar-refractivity contribution in [1.29, 1.82) is 0 Å². The third-order valence-corrected chi connectivity index (χ3v) is 4.68. The summed E-state index contributed by atoms with van der Waals surface area (Å²) in [5, 5.41) is 15.3. The molecule has 1 aromatic heterocycles. The van der Waals surface area contributed by atoms with Crippen LogP contribution in [0, 0.1) is 6.92 Å². The van der Waals surface area contributed by atoms with E-state index in [-0.39, 0.29) is 0 Å². The third-order valence-electron chi connectivity index (χ3n) is 4.68. The molecule has 0 radical (unpaired) electrons. The molecular formula is C16H21N3O2. The van der Waals surface area contributed by atoms with Crippen molar-refractivity contribution in [2.75, 3.05) is 13.2 Å². The molecule has 3 rings (SSSR count). The molecule has 5 nitrogen and oxygen atoms in total. The molecule has 2 unspecified atom stereocenters. The van der Waals surface area contributed by atoms with Gasteiger partial charge in [0.05, 0.1) is 18.9 Å². The number of hydrogen-bond acceptors (Lipinski definition) is 4. The van der Waals surface area contributed by atoms with Crippen LogP contribution in [0.4, 0.5) is 0 Å².